The molecule has 0 bridgehead atoms. The molecule has 1 N–H and O–H groups in total. The van der Waals surface area contributed by atoms with Crippen molar-refractivity contribution in [2.24, 2.45) is 5.92 Å². The zero-order valence-corrected chi connectivity index (χ0v) is 12.7. The van der Waals surface area contributed by atoms with Crippen LogP contribution >= 0.6 is 0 Å². The molecule has 0 saturated carbocycles. The second-order valence-electron chi connectivity index (χ2n) is 6.14. The maximum absolute atomic E-state index is 12.2. The van der Waals surface area contributed by atoms with E-state index in [1.165, 1.54) is 0 Å². The van der Waals surface area contributed by atoms with Gasteiger partial charge in [0.2, 0.25) is 5.95 Å². The molecule has 1 fully saturated rings. The highest BCUT2D eigenvalue weighted by Gasteiger charge is 2.25. The normalized spacial score (nSPS) is 24.7. The van der Waals surface area contributed by atoms with Gasteiger partial charge >= 0.3 is 6.03 Å². The van der Waals surface area contributed by atoms with Gasteiger partial charge in [-0.1, -0.05) is 6.92 Å². The molecule has 1 aromatic heterocycles. The highest BCUT2D eigenvalue weighted by molar-refractivity contribution is 5.87. The second kappa shape index (κ2) is 6.01. The van der Waals surface area contributed by atoms with Crippen molar-refractivity contribution in [3.8, 4) is 0 Å². The van der Waals surface area contributed by atoms with Crippen LogP contribution in [0, 0.1) is 5.92 Å². The average molecular weight is 293 g/mol. The van der Waals surface area contributed by atoms with E-state index < -0.39 is 0 Å². The quantitative estimate of drug-likeness (QED) is 0.916. The Morgan fingerprint density at radius 1 is 1.52 bits per heavy atom. The lowest BCUT2D eigenvalue weighted by atomic mass is 10.1. The molecule has 2 unspecified atom stereocenters. The van der Waals surface area contributed by atoms with E-state index in [-0.39, 0.29) is 12.1 Å². The lowest BCUT2D eigenvalue weighted by Gasteiger charge is -2.20. The fourth-order valence-electron chi connectivity index (χ4n) is 2.93. The van der Waals surface area contributed by atoms with E-state index >= 15 is 0 Å². The largest absolute Gasteiger partial charge is 0.376 e. The van der Waals surface area contributed by atoms with Crippen molar-refractivity contribution >= 4 is 12.0 Å². The SMILES string of the molecule is CC1COC(CN(C)C(=O)Nc2nc3n(n2)CCCC3)C1. The van der Waals surface area contributed by atoms with Crippen molar-refractivity contribution in [3.05, 3.63) is 5.82 Å². The Kier molecular flexibility index (Phi) is 4.10. The number of hydrogen-bond acceptors (Lipinski definition) is 4. The molecule has 1 saturated heterocycles. The summed E-state index contributed by atoms with van der Waals surface area (Å²) in [5, 5.41) is 7.11. The summed E-state index contributed by atoms with van der Waals surface area (Å²) in [5.41, 5.74) is 0. The number of anilines is 1. The van der Waals surface area contributed by atoms with Gasteiger partial charge in [-0.3, -0.25) is 5.32 Å². The summed E-state index contributed by atoms with van der Waals surface area (Å²) in [6.07, 6.45) is 4.35. The number of aryl methyl sites for hydroxylation is 2. The van der Waals surface area contributed by atoms with Crippen LogP contribution in [0.4, 0.5) is 10.7 Å². The summed E-state index contributed by atoms with van der Waals surface area (Å²) in [6, 6.07) is -0.180. The number of carbonyl (C=O) groups excluding carboxylic acids is 1. The van der Waals surface area contributed by atoms with Gasteiger partial charge in [-0.25, -0.2) is 9.48 Å². The van der Waals surface area contributed by atoms with Crippen molar-refractivity contribution < 1.29 is 9.53 Å². The monoisotopic (exact) mass is 293 g/mol. The van der Waals surface area contributed by atoms with Crippen LogP contribution in [0.25, 0.3) is 0 Å². The first kappa shape index (κ1) is 14.3. The van der Waals surface area contributed by atoms with Gasteiger partial charge in [-0.15, -0.1) is 5.10 Å². The number of hydrogen-bond donors (Lipinski definition) is 1. The van der Waals surface area contributed by atoms with Crippen LogP contribution in [0.5, 0.6) is 0 Å². The number of amides is 2. The molecule has 7 nitrogen and oxygen atoms in total. The maximum atomic E-state index is 12.2. The predicted octanol–water partition coefficient (Wildman–Crippen LogP) is 1.50. The van der Waals surface area contributed by atoms with Crippen LogP contribution in [0.2, 0.25) is 0 Å². The molecule has 1 aromatic rings. The molecule has 2 amide bonds. The summed E-state index contributed by atoms with van der Waals surface area (Å²) in [6.45, 7) is 4.45. The van der Waals surface area contributed by atoms with Crippen LogP contribution in [-0.2, 0) is 17.7 Å². The van der Waals surface area contributed by atoms with Gasteiger partial charge in [-0.2, -0.15) is 4.98 Å². The minimum atomic E-state index is -0.180. The third-order valence-corrected chi connectivity index (χ3v) is 4.09. The number of likely N-dealkylation sites (N-methyl/N-ethyl adjacent to an activating group) is 1. The third-order valence-electron chi connectivity index (χ3n) is 4.09. The van der Waals surface area contributed by atoms with Gasteiger partial charge in [0.05, 0.1) is 6.10 Å². The highest BCUT2D eigenvalue weighted by Crippen LogP contribution is 2.19. The number of nitrogens with one attached hydrogen (secondary N) is 1. The minimum absolute atomic E-state index is 0.138. The van der Waals surface area contributed by atoms with Gasteiger partial charge in [0, 0.05) is 33.2 Å². The van der Waals surface area contributed by atoms with E-state index in [1.807, 2.05) is 4.68 Å². The van der Waals surface area contributed by atoms with E-state index in [0.717, 1.165) is 44.7 Å². The molecule has 21 heavy (non-hydrogen) atoms. The Morgan fingerprint density at radius 2 is 2.38 bits per heavy atom. The van der Waals surface area contributed by atoms with E-state index in [2.05, 4.69) is 22.3 Å². The molecule has 0 aromatic carbocycles. The Morgan fingerprint density at radius 3 is 3.10 bits per heavy atom. The molecule has 3 rings (SSSR count). The maximum Gasteiger partial charge on any atom is 0.324 e. The first-order valence-electron chi connectivity index (χ1n) is 7.69. The summed E-state index contributed by atoms with van der Waals surface area (Å²) in [4.78, 5) is 18.2. The standard InChI is InChI=1S/C14H23N5O2/c1-10-7-11(21-9-10)8-18(2)14(20)16-13-15-12-5-3-4-6-19(12)17-13/h10-11H,3-9H2,1-2H3,(H,16,17,20). The molecule has 0 radical (unpaired) electrons. The van der Waals surface area contributed by atoms with Gasteiger partial charge in [-0.05, 0) is 25.2 Å². The zero-order chi connectivity index (χ0) is 14.8. The van der Waals surface area contributed by atoms with Crippen molar-refractivity contribution in [1.82, 2.24) is 19.7 Å². The summed E-state index contributed by atoms with van der Waals surface area (Å²) >= 11 is 0. The predicted molar refractivity (Wildman–Crippen MR) is 78.1 cm³/mol. The molecular formula is C14H23N5O2. The first-order chi connectivity index (χ1) is 10.1. The van der Waals surface area contributed by atoms with Gasteiger partial charge < -0.3 is 9.64 Å². The van der Waals surface area contributed by atoms with Crippen LogP contribution in [0.15, 0.2) is 0 Å². The molecule has 3 heterocycles. The van der Waals surface area contributed by atoms with Crippen molar-refractivity contribution in [2.75, 3.05) is 25.5 Å². The van der Waals surface area contributed by atoms with E-state index in [4.69, 9.17) is 4.74 Å². The Balaban J connectivity index is 1.54. The molecule has 0 spiro atoms. The number of urea groups is 1. The summed E-state index contributed by atoms with van der Waals surface area (Å²) < 4.78 is 7.54. The van der Waals surface area contributed by atoms with E-state index in [9.17, 15) is 4.79 Å². The number of rotatable bonds is 3. The second-order valence-corrected chi connectivity index (χ2v) is 6.14. The number of fused-ring (bicyclic) bond motifs is 1. The summed E-state index contributed by atoms with van der Waals surface area (Å²) in [7, 11) is 1.78. The molecule has 2 aliphatic rings. The van der Waals surface area contributed by atoms with E-state index in [0.29, 0.717) is 18.4 Å². The number of aromatic nitrogens is 3. The van der Waals surface area contributed by atoms with Crippen molar-refractivity contribution in [2.45, 2.75) is 45.3 Å². The fourth-order valence-corrected chi connectivity index (χ4v) is 2.93. The highest BCUT2D eigenvalue weighted by atomic mass is 16.5. The molecule has 0 aliphatic carbocycles. The molecule has 2 aliphatic heterocycles. The summed E-state index contributed by atoms with van der Waals surface area (Å²) in [5.74, 6) is 1.95. The van der Waals surface area contributed by atoms with Crippen LogP contribution < -0.4 is 5.32 Å². The van der Waals surface area contributed by atoms with Crippen molar-refractivity contribution in [1.29, 1.82) is 0 Å². The van der Waals surface area contributed by atoms with Crippen LogP contribution in [0.3, 0.4) is 0 Å². The Labute approximate surface area is 124 Å². The molecule has 2 atom stereocenters. The molecular weight excluding hydrogens is 270 g/mol. The number of carbonyl (C=O) groups is 1. The minimum Gasteiger partial charge on any atom is -0.376 e. The molecule has 116 valence electrons. The van der Waals surface area contributed by atoms with Gasteiger partial charge in [0.15, 0.2) is 0 Å². The Hall–Kier alpha value is -1.63. The smallest absolute Gasteiger partial charge is 0.324 e. The van der Waals surface area contributed by atoms with E-state index in [1.54, 1.807) is 11.9 Å². The van der Waals surface area contributed by atoms with Crippen LogP contribution in [0.1, 0.15) is 32.0 Å². The molecule has 7 heteroatoms. The number of ether oxygens (including phenoxy) is 1. The Bertz CT molecular complexity index is 492. The van der Waals surface area contributed by atoms with Gasteiger partial charge in [0.25, 0.3) is 0 Å². The average Bonchev–Trinajstić information content (AvgIpc) is 3.04. The fraction of sp³-hybridized carbons (Fsp3) is 0.786. The third kappa shape index (κ3) is 3.34. The number of nitrogens with zero attached hydrogens (tertiary/aromatic N) is 4. The first-order valence-corrected chi connectivity index (χ1v) is 7.69. The zero-order valence-electron chi connectivity index (χ0n) is 12.7. The van der Waals surface area contributed by atoms with Crippen LogP contribution in [-0.4, -0.2) is 52.0 Å². The topological polar surface area (TPSA) is 72.3 Å². The lowest BCUT2D eigenvalue weighted by Crippen LogP contribution is -2.37. The lowest BCUT2D eigenvalue weighted by molar-refractivity contribution is 0.0870. The van der Waals surface area contributed by atoms with Crippen molar-refractivity contribution in [3.63, 3.8) is 0 Å². The van der Waals surface area contributed by atoms with Gasteiger partial charge in [0.1, 0.15) is 5.82 Å².